The third-order valence-electron chi connectivity index (χ3n) is 7.92. The summed E-state index contributed by atoms with van der Waals surface area (Å²) < 4.78 is 5.61. The van der Waals surface area contributed by atoms with Crippen LogP contribution >= 0.6 is 11.8 Å². The molecule has 0 aliphatic carbocycles. The van der Waals surface area contributed by atoms with E-state index in [1.165, 1.54) is 11.8 Å². The summed E-state index contributed by atoms with van der Waals surface area (Å²) >= 11 is 1.50. The van der Waals surface area contributed by atoms with Gasteiger partial charge in [-0.1, -0.05) is 66.4 Å². The van der Waals surface area contributed by atoms with E-state index in [1.54, 1.807) is 11.0 Å². The molecule has 9 nitrogen and oxygen atoms in total. The van der Waals surface area contributed by atoms with Gasteiger partial charge in [0.25, 0.3) is 0 Å². The molecule has 0 saturated carbocycles. The number of carbonyl (C=O) groups is 1. The molecule has 0 spiro atoms. The van der Waals surface area contributed by atoms with Crippen LogP contribution in [0.25, 0.3) is 10.8 Å². The minimum absolute atomic E-state index is 0.195. The molecule has 6 rings (SSSR count). The number of phenolic OH excluding ortho intramolecular Hbond substituents is 1. The van der Waals surface area contributed by atoms with Crippen LogP contribution in [0.3, 0.4) is 0 Å². The quantitative estimate of drug-likeness (QED) is 0.238. The predicted octanol–water partition coefficient (Wildman–Crippen LogP) is 5.36. The Balaban J connectivity index is 1.24. The summed E-state index contributed by atoms with van der Waals surface area (Å²) in [7, 11) is 0. The number of piperazine rings is 1. The minimum atomic E-state index is -0.401. The van der Waals surface area contributed by atoms with Crippen molar-refractivity contribution in [2.75, 3.05) is 42.2 Å². The average molecular weight is 581 g/mol. The summed E-state index contributed by atoms with van der Waals surface area (Å²) in [5.41, 5.74) is 3.97. The first-order chi connectivity index (χ1) is 20.5. The fourth-order valence-electron chi connectivity index (χ4n) is 5.85. The number of nitriles is 1. The maximum atomic E-state index is 13.0. The first-order valence-corrected chi connectivity index (χ1v) is 15.3. The molecule has 10 heteroatoms. The Bertz CT molecular complexity index is 1640. The number of benzene rings is 3. The molecule has 0 bridgehead atoms. The van der Waals surface area contributed by atoms with Crippen molar-refractivity contribution in [1.29, 1.82) is 5.26 Å². The standard InChI is InChI=1S/C32H32N6O3S/c1-42-31-34-28-20-36(29-18-25(39)17-23-9-5-6-10-26(23)29)14-12-27(28)30(35-31)37-15-16-38(24(19-37)11-13-33)32(40)41-21-22-7-3-2-4-8-22/h2-10,17-18,24,39H,11-12,14-16,19-21H2,1H3/t24-/m0/s1. The molecule has 1 N–H and O–H groups in total. The molecule has 4 aromatic rings. The number of phenols is 1. The smallest absolute Gasteiger partial charge is 0.410 e. The molecule has 0 radical (unpaired) electrons. The van der Waals surface area contributed by atoms with Crippen LogP contribution < -0.4 is 9.80 Å². The van der Waals surface area contributed by atoms with Crippen LogP contribution in [0.5, 0.6) is 5.75 Å². The molecular formula is C32H32N6O3S. The number of thioether (sulfide) groups is 1. The molecule has 2 aliphatic heterocycles. The normalized spacial score (nSPS) is 16.7. The van der Waals surface area contributed by atoms with Crippen LogP contribution in [0, 0.1) is 11.3 Å². The molecule has 214 valence electrons. The van der Waals surface area contributed by atoms with Crippen molar-refractivity contribution in [3.63, 3.8) is 0 Å². The third kappa shape index (κ3) is 5.65. The Morgan fingerprint density at radius 3 is 2.69 bits per heavy atom. The van der Waals surface area contributed by atoms with Crippen LogP contribution in [-0.4, -0.2) is 64.5 Å². The highest BCUT2D eigenvalue weighted by Crippen LogP contribution is 2.36. The highest BCUT2D eigenvalue weighted by Gasteiger charge is 2.34. The lowest BCUT2D eigenvalue weighted by Crippen LogP contribution is -2.55. The molecule has 0 unspecified atom stereocenters. The van der Waals surface area contributed by atoms with Gasteiger partial charge >= 0.3 is 6.09 Å². The van der Waals surface area contributed by atoms with E-state index in [1.807, 2.05) is 60.9 Å². The van der Waals surface area contributed by atoms with Crippen LogP contribution in [0.2, 0.25) is 0 Å². The Morgan fingerprint density at radius 1 is 1.07 bits per heavy atom. The van der Waals surface area contributed by atoms with Gasteiger partial charge < -0.3 is 24.5 Å². The molecular weight excluding hydrogens is 548 g/mol. The zero-order chi connectivity index (χ0) is 29.1. The average Bonchev–Trinajstić information content (AvgIpc) is 3.03. The lowest BCUT2D eigenvalue weighted by atomic mass is 10.0. The first kappa shape index (κ1) is 27.7. The van der Waals surface area contributed by atoms with E-state index in [9.17, 15) is 15.2 Å². The van der Waals surface area contributed by atoms with Gasteiger partial charge in [0, 0.05) is 48.9 Å². The second-order valence-corrected chi connectivity index (χ2v) is 11.3. The van der Waals surface area contributed by atoms with Crippen molar-refractivity contribution >= 4 is 40.1 Å². The Labute approximate surface area is 249 Å². The van der Waals surface area contributed by atoms with E-state index in [4.69, 9.17) is 14.7 Å². The molecule has 3 aromatic carbocycles. The lowest BCUT2D eigenvalue weighted by Gasteiger charge is -2.42. The van der Waals surface area contributed by atoms with Gasteiger partial charge in [0.2, 0.25) is 0 Å². The first-order valence-electron chi connectivity index (χ1n) is 14.0. The maximum absolute atomic E-state index is 13.0. The summed E-state index contributed by atoms with van der Waals surface area (Å²) in [5.74, 6) is 1.12. The molecule has 3 heterocycles. The summed E-state index contributed by atoms with van der Waals surface area (Å²) in [6.07, 6.45) is 2.51. The molecule has 1 fully saturated rings. The third-order valence-corrected chi connectivity index (χ3v) is 8.47. The topological polar surface area (TPSA) is 106 Å². The number of aromatic hydroxyl groups is 1. The van der Waals surface area contributed by atoms with Crippen molar-refractivity contribution < 1.29 is 14.6 Å². The van der Waals surface area contributed by atoms with Crippen molar-refractivity contribution in [2.24, 2.45) is 0 Å². The van der Waals surface area contributed by atoms with E-state index in [0.29, 0.717) is 31.3 Å². The zero-order valence-corrected chi connectivity index (χ0v) is 24.3. The number of amides is 1. The van der Waals surface area contributed by atoms with Gasteiger partial charge in [-0.25, -0.2) is 14.8 Å². The Hall–Kier alpha value is -4.49. The second-order valence-electron chi connectivity index (χ2n) is 10.5. The van der Waals surface area contributed by atoms with Gasteiger partial charge in [-0.05, 0) is 29.7 Å². The number of aromatic nitrogens is 2. The van der Waals surface area contributed by atoms with E-state index in [-0.39, 0.29) is 24.8 Å². The van der Waals surface area contributed by atoms with Gasteiger partial charge in [0.1, 0.15) is 18.2 Å². The van der Waals surface area contributed by atoms with Crippen LogP contribution in [0.1, 0.15) is 23.2 Å². The van der Waals surface area contributed by atoms with E-state index in [2.05, 4.69) is 21.9 Å². The van der Waals surface area contributed by atoms with Crippen molar-refractivity contribution in [1.82, 2.24) is 14.9 Å². The van der Waals surface area contributed by atoms with Gasteiger partial charge in [-0.2, -0.15) is 5.26 Å². The lowest BCUT2D eigenvalue weighted by molar-refractivity contribution is 0.0767. The zero-order valence-electron chi connectivity index (χ0n) is 23.4. The van der Waals surface area contributed by atoms with Crippen molar-refractivity contribution in [3.8, 4) is 11.8 Å². The monoisotopic (exact) mass is 580 g/mol. The van der Waals surface area contributed by atoms with Gasteiger partial charge in [-0.15, -0.1) is 0 Å². The number of rotatable bonds is 6. The molecule has 2 aliphatic rings. The summed E-state index contributed by atoms with van der Waals surface area (Å²) in [6, 6.07) is 23.2. The molecule has 1 atom stereocenters. The fourth-order valence-corrected chi connectivity index (χ4v) is 6.23. The predicted molar refractivity (Wildman–Crippen MR) is 164 cm³/mol. The van der Waals surface area contributed by atoms with E-state index in [0.717, 1.165) is 52.1 Å². The van der Waals surface area contributed by atoms with Gasteiger partial charge in [0.15, 0.2) is 5.16 Å². The SMILES string of the molecule is CSc1nc2c(c(N3CCN(C(=O)OCc4ccccc4)[C@@H](CC#N)C3)n1)CCN(c1cc(O)cc3ccccc13)C2. The number of carbonyl (C=O) groups excluding carboxylic acids is 1. The second kappa shape index (κ2) is 12.2. The van der Waals surface area contributed by atoms with Crippen LogP contribution in [0.4, 0.5) is 16.3 Å². The largest absolute Gasteiger partial charge is 0.508 e. The number of ether oxygens (including phenoxy) is 1. The van der Waals surface area contributed by atoms with Crippen LogP contribution in [-0.2, 0) is 24.3 Å². The number of nitrogens with zero attached hydrogens (tertiary/aromatic N) is 6. The Kier molecular flexibility index (Phi) is 8.02. The number of anilines is 2. The summed E-state index contributed by atoms with van der Waals surface area (Å²) in [4.78, 5) is 29.0. The fraction of sp³-hybridized carbons (Fsp3) is 0.312. The molecule has 1 saturated heterocycles. The summed E-state index contributed by atoms with van der Waals surface area (Å²) in [5, 5.41) is 22.8. The number of hydrogen-bond donors (Lipinski definition) is 1. The van der Waals surface area contributed by atoms with Crippen molar-refractivity contribution in [3.05, 3.63) is 83.6 Å². The summed E-state index contributed by atoms with van der Waals surface area (Å²) in [6.45, 7) is 3.06. The number of fused-ring (bicyclic) bond motifs is 2. The maximum Gasteiger partial charge on any atom is 0.410 e. The van der Waals surface area contributed by atoms with Gasteiger partial charge in [0.05, 0.1) is 30.8 Å². The minimum Gasteiger partial charge on any atom is -0.508 e. The Morgan fingerprint density at radius 2 is 1.88 bits per heavy atom. The molecule has 1 aromatic heterocycles. The van der Waals surface area contributed by atoms with Crippen LogP contribution in [0.15, 0.2) is 71.9 Å². The highest BCUT2D eigenvalue weighted by atomic mass is 32.2. The van der Waals surface area contributed by atoms with Gasteiger partial charge in [-0.3, -0.25) is 0 Å². The molecule has 42 heavy (non-hydrogen) atoms. The molecule has 1 amide bonds. The van der Waals surface area contributed by atoms with E-state index < -0.39 is 6.09 Å². The van der Waals surface area contributed by atoms with Crippen molar-refractivity contribution in [2.45, 2.75) is 37.2 Å². The highest BCUT2D eigenvalue weighted by molar-refractivity contribution is 7.98. The van der Waals surface area contributed by atoms with E-state index >= 15 is 0 Å². The number of hydrogen-bond acceptors (Lipinski definition) is 9.